The molecule has 27 heavy (non-hydrogen) atoms. The molecule has 1 unspecified atom stereocenters. The van der Waals surface area contributed by atoms with E-state index in [-0.39, 0.29) is 10.7 Å². The second-order valence-electron chi connectivity index (χ2n) is 5.52. The van der Waals surface area contributed by atoms with Crippen LogP contribution in [0.3, 0.4) is 0 Å². The number of carbonyl (C=O) groups is 1. The average molecular weight is 397 g/mol. The standard InChI is InChI=1S/C18H14F3NO4S/c1-10(16(23)24-2)25-12-4-6-13(7-5-12)26-17-22-14-9-11(18(19,20)21)3-8-15(14)27-17/h3-10H,1-2H3. The number of rotatable bonds is 5. The van der Waals surface area contributed by atoms with Crippen LogP contribution in [0.15, 0.2) is 42.5 Å². The zero-order valence-electron chi connectivity index (χ0n) is 14.2. The van der Waals surface area contributed by atoms with E-state index in [1.165, 1.54) is 13.2 Å². The van der Waals surface area contributed by atoms with E-state index in [9.17, 15) is 18.0 Å². The summed E-state index contributed by atoms with van der Waals surface area (Å²) in [6.45, 7) is 1.56. The Morgan fingerprint density at radius 1 is 1.11 bits per heavy atom. The Kier molecular flexibility index (Phi) is 5.22. The van der Waals surface area contributed by atoms with E-state index in [4.69, 9.17) is 9.47 Å². The molecule has 0 aliphatic rings. The molecular weight excluding hydrogens is 383 g/mol. The summed E-state index contributed by atoms with van der Waals surface area (Å²) in [5, 5.41) is 0.223. The summed E-state index contributed by atoms with van der Waals surface area (Å²) >= 11 is 1.14. The van der Waals surface area contributed by atoms with Crippen LogP contribution in [-0.4, -0.2) is 24.2 Å². The van der Waals surface area contributed by atoms with Crippen LogP contribution in [0.4, 0.5) is 13.2 Å². The monoisotopic (exact) mass is 397 g/mol. The minimum atomic E-state index is -4.42. The number of nitrogens with zero attached hydrogens (tertiary/aromatic N) is 1. The number of esters is 1. The predicted molar refractivity (Wildman–Crippen MR) is 93.2 cm³/mol. The first-order chi connectivity index (χ1) is 12.8. The molecule has 1 aromatic heterocycles. The largest absolute Gasteiger partial charge is 0.479 e. The van der Waals surface area contributed by atoms with Crippen molar-refractivity contribution in [3.8, 4) is 16.7 Å². The molecule has 3 aromatic rings. The lowest BCUT2D eigenvalue weighted by molar-refractivity contribution is -0.147. The fourth-order valence-corrected chi connectivity index (χ4v) is 3.05. The average Bonchev–Trinajstić information content (AvgIpc) is 3.03. The van der Waals surface area contributed by atoms with Crippen molar-refractivity contribution in [2.75, 3.05) is 7.11 Å². The molecule has 0 bridgehead atoms. The highest BCUT2D eigenvalue weighted by molar-refractivity contribution is 7.20. The number of hydrogen-bond acceptors (Lipinski definition) is 6. The first kappa shape index (κ1) is 19.0. The molecule has 9 heteroatoms. The highest BCUT2D eigenvalue weighted by atomic mass is 32.1. The van der Waals surface area contributed by atoms with Crippen molar-refractivity contribution in [3.05, 3.63) is 48.0 Å². The molecule has 0 saturated heterocycles. The quantitative estimate of drug-likeness (QED) is 0.564. The third-order valence-corrected chi connectivity index (χ3v) is 4.48. The molecule has 0 N–H and O–H groups in total. The maximum atomic E-state index is 12.8. The van der Waals surface area contributed by atoms with E-state index in [2.05, 4.69) is 9.72 Å². The van der Waals surface area contributed by atoms with Gasteiger partial charge in [-0.3, -0.25) is 0 Å². The van der Waals surface area contributed by atoms with Gasteiger partial charge in [0.05, 0.1) is 22.9 Å². The maximum Gasteiger partial charge on any atom is 0.416 e. The lowest BCUT2D eigenvalue weighted by atomic mass is 10.2. The first-order valence-corrected chi connectivity index (χ1v) is 8.58. The highest BCUT2D eigenvalue weighted by Gasteiger charge is 2.30. The number of hydrogen-bond donors (Lipinski definition) is 0. The van der Waals surface area contributed by atoms with E-state index in [0.29, 0.717) is 16.2 Å². The molecule has 0 radical (unpaired) electrons. The van der Waals surface area contributed by atoms with Gasteiger partial charge in [-0.15, -0.1) is 0 Å². The molecule has 1 atom stereocenters. The van der Waals surface area contributed by atoms with Gasteiger partial charge < -0.3 is 14.2 Å². The van der Waals surface area contributed by atoms with Crippen LogP contribution < -0.4 is 9.47 Å². The lowest BCUT2D eigenvalue weighted by Gasteiger charge is -2.12. The van der Waals surface area contributed by atoms with Crippen LogP contribution in [-0.2, 0) is 15.7 Å². The Bertz CT molecular complexity index is 953. The molecule has 0 amide bonds. The van der Waals surface area contributed by atoms with Crippen molar-refractivity contribution in [3.63, 3.8) is 0 Å². The molecule has 0 spiro atoms. The van der Waals surface area contributed by atoms with Crippen LogP contribution in [0.25, 0.3) is 10.2 Å². The molecule has 1 heterocycles. The molecule has 0 saturated carbocycles. The van der Waals surface area contributed by atoms with Gasteiger partial charge in [0.2, 0.25) is 0 Å². The van der Waals surface area contributed by atoms with E-state index >= 15 is 0 Å². The van der Waals surface area contributed by atoms with E-state index in [0.717, 1.165) is 23.5 Å². The molecule has 2 aromatic carbocycles. The van der Waals surface area contributed by atoms with Crippen LogP contribution in [0.2, 0.25) is 0 Å². The molecule has 142 valence electrons. The normalized spacial score (nSPS) is 12.6. The maximum absolute atomic E-state index is 12.8. The number of fused-ring (bicyclic) bond motifs is 1. The van der Waals surface area contributed by atoms with Crippen molar-refractivity contribution < 1.29 is 32.2 Å². The van der Waals surface area contributed by atoms with Crippen molar-refractivity contribution in [2.24, 2.45) is 0 Å². The highest BCUT2D eigenvalue weighted by Crippen LogP contribution is 2.36. The molecule has 0 aliphatic heterocycles. The lowest BCUT2D eigenvalue weighted by Crippen LogP contribution is -2.24. The Morgan fingerprint density at radius 3 is 2.41 bits per heavy atom. The molecule has 5 nitrogen and oxygen atoms in total. The number of thiazole rings is 1. The Labute approximate surface area is 156 Å². The topological polar surface area (TPSA) is 57.7 Å². The Balaban J connectivity index is 1.72. The third kappa shape index (κ3) is 4.48. The van der Waals surface area contributed by atoms with Gasteiger partial charge in [-0.2, -0.15) is 13.2 Å². The minimum Gasteiger partial charge on any atom is -0.479 e. The summed E-state index contributed by atoms with van der Waals surface area (Å²) in [6, 6.07) is 9.78. The van der Waals surface area contributed by atoms with Gasteiger partial charge in [0.15, 0.2) is 6.10 Å². The van der Waals surface area contributed by atoms with Gasteiger partial charge in [-0.1, -0.05) is 11.3 Å². The third-order valence-electron chi connectivity index (χ3n) is 3.57. The Hall–Kier alpha value is -2.81. The fraction of sp³-hybridized carbons (Fsp3) is 0.222. The van der Waals surface area contributed by atoms with E-state index in [1.54, 1.807) is 31.2 Å². The second-order valence-corrected chi connectivity index (χ2v) is 6.51. The van der Waals surface area contributed by atoms with Gasteiger partial charge >= 0.3 is 12.1 Å². The van der Waals surface area contributed by atoms with Crippen LogP contribution in [0, 0.1) is 0 Å². The number of benzene rings is 2. The fourth-order valence-electron chi connectivity index (χ4n) is 2.23. The van der Waals surface area contributed by atoms with Gasteiger partial charge in [0.1, 0.15) is 11.5 Å². The number of ether oxygens (including phenoxy) is 3. The Morgan fingerprint density at radius 2 is 1.78 bits per heavy atom. The summed E-state index contributed by atoms with van der Waals surface area (Å²) in [5.74, 6) is 0.380. The molecule has 0 aliphatic carbocycles. The van der Waals surface area contributed by atoms with Crippen molar-refractivity contribution in [2.45, 2.75) is 19.2 Å². The zero-order valence-corrected chi connectivity index (χ0v) is 15.1. The van der Waals surface area contributed by atoms with Crippen molar-refractivity contribution >= 4 is 27.5 Å². The van der Waals surface area contributed by atoms with E-state index < -0.39 is 23.8 Å². The second kappa shape index (κ2) is 7.43. The number of halogens is 3. The summed E-state index contributed by atoms with van der Waals surface area (Å²) in [5.41, 5.74) is -0.537. The summed E-state index contributed by atoms with van der Waals surface area (Å²) in [4.78, 5) is 15.4. The summed E-state index contributed by atoms with van der Waals surface area (Å²) < 4.78 is 54.5. The SMILES string of the molecule is COC(=O)C(C)Oc1ccc(Oc2nc3cc(C(F)(F)F)ccc3s2)cc1. The molecular formula is C18H14F3NO4S. The number of methoxy groups -OCH3 is 1. The number of carbonyl (C=O) groups excluding carboxylic acids is 1. The van der Waals surface area contributed by atoms with Crippen LogP contribution >= 0.6 is 11.3 Å². The van der Waals surface area contributed by atoms with Gasteiger partial charge in [-0.05, 0) is 49.4 Å². The van der Waals surface area contributed by atoms with Crippen LogP contribution in [0.1, 0.15) is 12.5 Å². The predicted octanol–water partition coefficient (Wildman–Crippen LogP) is 5.05. The van der Waals surface area contributed by atoms with Crippen LogP contribution in [0.5, 0.6) is 16.7 Å². The van der Waals surface area contributed by atoms with Crippen molar-refractivity contribution in [1.29, 1.82) is 0 Å². The summed E-state index contributed by atoms with van der Waals surface area (Å²) in [6.07, 6.45) is -5.18. The van der Waals surface area contributed by atoms with Crippen molar-refractivity contribution in [1.82, 2.24) is 4.98 Å². The minimum absolute atomic E-state index is 0.219. The van der Waals surface area contributed by atoms with Gasteiger partial charge in [-0.25, -0.2) is 9.78 Å². The number of aromatic nitrogens is 1. The van der Waals surface area contributed by atoms with Gasteiger partial charge in [0, 0.05) is 0 Å². The molecule has 0 fully saturated rings. The van der Waals surface area contributed by atoms with E-state index in [1.807, 2.05) is 0 Å². The zero-order chi connectivity index (χ0) is 19.6. The number of alkyl halides is 3. The molecule has 3 rings (SSSR count). The van der Waals surface area contributed by atoms with Gasteiger partial charge in [0.25, 0.3) is 5.19 Å². The smallest absolute Gasteiger partial charge is 0.416 e. The summed E-state index contributed by atoms with van der Waals surface area (Å²) in [7, 11) is 1.27. The first-order valence-electron chi connectivity index (χ1n) is 7.76.